The van der Waals surface area contributed by atoms with Gasteiger partial charge in [-0.25, -0.2) is 0 Å². The third-order valence-corrected chi connectivity index (χ3v) is 11.8. The van der Waals surface area contributed by atoms with Crippen LogP contribution < -0.4 is 10.4 Å². The Morgan fingerprint density at radius 2 is 1.26 bits per heavy atom. The normalized spacial score (nSPS) is 18.8. The summed E-state index contributed by atoms with van der Waals surface area (Å²) in [6, 6.07) is 30.2. The first kappa shape index (κ1) is 25.0. The van der Waals surface area contributed by atoms with Crippen LogP contribution in [0.4, 0.5) is 0 Å². The summed E-state index contributed by atoms with van der Waals surface area (Å²) in [6.07, 6.45) is -0.870. The predicted octanol–water partition coefficient (Wildman–Crippen LogP) is 3.76. The van der Waals surface area contributed by atoms with Crippen LogP contribution in [0.15, 0.2) is 91.0 Å². The Kier molecular flexibility index (Phi) is 7.35. The second-order valence-corrected chi connectivity index (χ2v) is 14.3. The number of hydrogen-bond donors (Lipinski definition) is 0. The van der Waals surface area contributed by atoms with E-state index in [1.807, 2.05) is 66.7 Å². The molecule has 1 aliphatic heterocycles. The summed E-state index contributed by atoms with van der Waals surface area (Å²) >= 11 is 0. The van der Waals surface area contributed by atoms with Gasteiger partial charge in [-0.2, -0.15) is 0 Å². The van der Waals surface area contributed by atoms with Crippen LogP contribution in [-0.2, 0) is 25.4 Å². The van der Waals surface area contributed by atoms with E-state index >= 15 is 0 Å². The maximum absolute atomic E-state index is 13.1. The highest BCUT2D eigenvalue weighted by Gasteiger charge is 2.53. The van der Waals surface area contributed by atoms with E-state index in [2.05, 4.69) is 45.0 Å². The number of ether oxygens (including phenoxy) is 1. The molecule has 1 fully saturated rings. The highest BCUT2D eigenvalue weighted by molar-refractivity contribution is 6.99. The second-order valence-electron chi connectivity index (χ2n) is 10.0. The number of carbonyl (C=O) groups is 2. The standard InChI is InChI=1S/C29H33NO4Si/c1-29(2,3)35(23-16-10-6-11-17-23,24-18-12-7-13-19-24)34-21-25-26(28(32)30(4)27(25)31)33-20-22-14-8-5-9-15-22/h5-19,25-26H,20-21H2,1-4H3/t25-,26-/m1/s1. The van der Waals surface area contributed by atoms with Crippen LogP contribution in [0.3, 0.4) is 0 Å². The lowest BCUT2D eigenvalue weighted by molar-refractivity contribution is -0.140. The van der Waals surface area contributed by atoms with Crippen molar-refractivity contribution in [2.75, 3.05) is 13.7 Å². The van der Waals surface area contributed by atoms with E-state index in [9.17, 15) is 9.59 Å². The largest absolute Gasteiger partial charge is 0.406 e. The van der Waals surface area contributed by atoms with Crippen LogP contribution in [0.5, 0.6) is 0 Å². The van der Waals surface area contributed by atoms with Crippen LogP contribution in [0.1, 0.15) is 26.3 Å². The Bertz CT molecular complexity index is 1110. The van der Waals surface area contributed by atoms with Gasteiger partial charge in [0.1, 0.15) is 0 Å². The number of nitrogens with zero attached hydrogens (tertiary/aromatic N) is 1. The van der Waals surface area contributed by atoms with Gasteiger partial charge in [0.05, 0.1) is 12.5 Å². The lowest BCUT2D eigenvalue weighted by Crippen LogP contribution is -2.67. The molecular formula is C29H33NO4Si. The number of benzene rings is 3. The van der Waals surface area contributed by atoms with Gasteiger partial charge in [0.25, 0.3) is 14.2 Å². The minimum Gasteiger partial charge on any atom is -0.406 e. The predicted molar refractivity (Wildman–Crippen MR) is 140 cm³/mol. The number of likely N-dealkylation sites (tertiary alicyclic amines) is 1. The van der Waals surface area contributed by atoms with Crippen LogP contribution in [0.25, 0.3) is 0 Å². The molecule has 2 atom stereocenters. The Morgan fingerprint density at radius 1 is 0.771 bits per heavy atom. The highest BCUT2D eigenvalue weighted by Crippen LogP contribution is 2.38. The maximum atomic E-state index is 13.1. The van der Waals surface area contributed by atoms with Crippen LogP contribution >= 0.6 is 0 Å². The fourth-order valence-electron chi connectivity index (χ4n) is 4.93. The fraction of sp³-hybridized carbons (Fsp3) is 0.310. The van der Waals surface area contributed by atoms with Crippen molar-refractivity contribution in [2.45, 2.75) is 38.5 Å². The van der Waals surface area contributed by atoms with Gasteiger partial charge in [-0.05, 0) is 21.0 Å². The lowest BCUT2D eigenvalue weighted by Gasteiger charge is -2.43. The van der Waals surface area contributed by atoms with Crippen molar-refractivity contribution < 1.29 is 18.8 Å². The fourth-order valence-corrected chi connectivity index (χ4v) is 9.52. The SMILES string of the molecule is CN1C(=O)[C@H](CO[Si](c2ccccc2)(c2ccccc2)C(C)(C)C)[C@@H](OCc2ccccc2)C1=O. The van der Waals surface area contributed by atoms with Gasteiger partial charge in [-0.15, -0.1) is 0 Å². The van der Waals surface area contributed by atoms with Gasteiger partial charge >= 0.3 is 0 Å². The van der Waals surface area contributed by atoms with E-state index in [4.69, 9.17) is 9.16 Å². The zero-order chi connectivity index (χ0) is 25.1. The summed E-state index contributed by atoms with van der Waals surface area (Å²) in [7, 11) is -1.32. The molecule has 1 aliphatic rings. The summed E-state index contributed by atoms with van der Waals surface area (Å²) in [6.45, 7) is 6.94. The molecule has 35 heavy (non-hydrogen) atoms. The molecule has 2 amide bonds. The molecule has 0 aromatic heterocycles. The van der Waals surface area contributed by atoms with Gasteiger partial charge in [-0.3, -0.25) is 14.5 Å². The molecule has 4 rings (SSSR count). The van der Waals surface area contributed by atoms with Crippen molar-refractivity contribution in [2.24, 2.45) is 5.92 Å². The van der Waals surface area contributed by atoms with Crippen molar-refractivity contribution >= 4 is 30.5 Å². The number of rotatable bonds is 8. The molecule has 0 unspecified atom stereocenters. The number of likely N-dealkylation sites (N-methyl/N-ethyl adjacent to an activating group) is 1. The van der Waals surface area contributed by atoms with Gasteiger partial charge < -0.3 is 9.16 Å². The van der Waals surface area contributed by atoms with E-state index in [-0.39, 0.29) is 30.1 Å². The molecule has 182 valence electrons. The molecule has 1 saturated heterocycles. The first-order valence-corrected chi connectivity index (χ1v) is 13.9. The van der Waals surface area contributed by atoms with Crippen molar-refractivity contribution in [3.8, 4) is 0 Å². The Labute approximate surface area is 208 Å². The summed E-state index contributed by atoms with van der Waals surface area (Å²) in [5.41, 5.74) is 0.953. The number of amides is 2. The number of hydrogen-bond acceptors (Lipinski definition) is 4. The minimum absolute atomic E-state index is 0.113. The number of imide groups is 1. The van der Waals surface area contributed by atoms with E-state index in [1.54, 1.807) is 0 Å². The summed E-state index contributed by atoms with van der Waals surface area (Å²) in [4.78, 5) is 27.3. The third kappa shape index (κ3) is 4.87. The minimum atomic E-state index is -2.84. The van der Waals surface area contributed by atoms with Crippen molar-refractivity contribution in [1.82, 2.24) is 4.90 Å². The molecule has 0 N–H and O–H groups in total. The zero-order valence-electron chi connectivity index (χ0n) is 20.8. The number of carbonyl (C=O) groups excluding carboxylic acids is 2. The van der Waals surface area contributed by atoms with Gasteiger partial charge in [0.15, 0.2) is 6.10 Å². The van der Waals surface area contributed by atoms with Gasteiger partial charge in [-0.1, -0.05) is 112 Å². The molecule has 0 spiro atoms. The molecule has 0 radical (unpaired) electrons. The van der Waals surface area contributed by atoms with Crippen molar-refractivity contribution in [3.63, 3.8) is 0 Å². The lowest BCUT2D eigenvalue weighted by atomic mass is 10.1. The topological polar surface area (TPSA) is 55.8 Å². The first-order chi connectivity index (χ1) is 16.8. The van der Waals surface area contributed by atoms with E-state index in [0.717, 1.165) is 15.9 Å². The molecule has 5 nitrogen and oxygen atoms in total. The van der Waals surface area contributed by atoms with E-state index < -0.39 is 20.3 Å². The zero-order valence-corrected chi connectivity index (χ0v) is 21.8. The highest BCUT2D eigenvalue weighted by atomic mass is 28.4. The molecule has 0 aliphatic carbocycles. The Morgan fingerprint density at radius 3 is 1.74 bits per heavy atom. The van der Waals surface area contributed by atoms with Crippen molar-refractivity contribution in [1.29, 1.82) is 0 Å². The average molecular weight is 488 g/mol. The first-order valence-electron chi connectivity index (χ1n) is 12.0. The molecular weight excluding hydrogens is 454 g/mol. The Hall–Kier alpha value is -3.06. The molecule has 3 aromatic carbocycles. The summed E-state index contributed by atoms with van der Waals surface area (Å²) in [5.74, 6) is -1.27. The molecule has 6 heteroatoms. The van der Waals surface area contributed by atoms with Crippen LogP contribution in [0.2, 0.25) is 5.04 Å². The third-order valence-electron chi connectivity index (χ3n) is 6.76. The summed E-state index contributed by atoms with van der Waals surface area (Å²) in [5, 5.41) is 2.03. The summed E-state index contributed by atoms with van der Waals surface area (Å²) < 4.78 is 13.0. The molecule has 1 heterocycles. The Balaban J connectivity index is 1.67. The van der Waals surface area contributed by atoms with Gasteiger partial charge in [0, 0.05) is 13.7 Å². The van der Waals surface area contributed by atoms with Crippen LogP contribution in [0, 0.1) is 5.92 Å². The average Bonchev–Trinajstić information content (AvgIpc) is 3.07. The van der Waals surface area contributed by atoms with E-state index in [0.29, 0.717) is 0 Å². The molecule has 3 aromatic rings. The monoisotopic (exact) mass is 487 g/mol. The van der Waals surface area contributed by atoms with Gasteiger partial charge in [0.2, 0.25) is 5.91 Å². The maximum Gasteiger partial charge on any atom is 0.261 e. The van der Waals surface area contributed by atoms with Crippen molar-refractivity contribution in [3.05, 3.63) is 96.6 Å². The second kappa shape index (κ2) is 10.3. The van der Waals surface area contributed by atoms with E-state index in [1.165, 1.54) is 11.9 Å². The smallest absolute Gasteiger partial charge is 0.261 e. The quantitative estimate of drug-likeness (QED) is 0.359. The molecule has 0 bridgehead atoms. The molecule has 0 saturated carbocycles. The van der Waals surface area contributed by atoms with Crippen LogP contribution in [-0.4, -0.2) is 44.8 Å².